The molecule has 1 atom stereocenters. The number of carbonyl (C=O) groups is 1. The molecule has 1 N–H and O–H groups in total. The van der Waals surface area contributed by atoms with Gasteiger partial charge in [-0.3, -0.25) is 9.69 Å². The number of halogens is 4. The molecule has 2 aliphatic carbocycles. The third-order valence-corrected chi connectivity index (χ3v) is 7.03. The van der Waals surface area contributed by atoms with Crippen molar-refractivity contribution < 1.29 is 27.5 Å². The molecule has 0 unspecified atom stereocenters. The topological polar surface area (TPSA) is 43.8 Å². The van der Waals surface area contributed by atoms with Crippen molar-refractivity contribution >= 4 is 5.91 Å². The average molecular weight is 428 g/mol. The van der Waals surface area contributed by atoms with Gasteiger partial charge in [0.25, 0.3) is 5.91 Å². The number of benzene rings is 1. The second-order valence-corrected chi connectivity index (χ2v) is 9.12. The van der Waals surface area contributed by atoms with Crippen LogP contribution in [0.5, 0.6) is 0 Å². The standard InChI is InChI=1S/C22H28F4N2O2/c1-20(23,22(24,25)26)16-4-2-15(3-5-16)19(30)28(17-6-7-17)18-8-12-27(13-9-18)21(14-29)10-11-21/h2-5,17-18,29H,6-14H2,1H3/t20-/m0/s1. The molecule has 1 aliphatic heterocycles. The number of carbonyl (C=O) groups excluding carboxylic acids is 1. The van der Waals surface area contributed by atoms with Crippen LogP contribution in [-0.2, 0) is 5.67 Å². The van der Waals surface area contributed by atoms with Gasteiger partial charge >= 0.3 is 6.18 Å². The molecule has 4 nitrogen and oxygen atoms in total. The number of rotatable bonds is 6. The summed E-state index contributed by atoms with van der Waals surface area (Å²) in [7, 11) is 0. The summed E-state index contributed by atoms with van der Waals surface area (Å²) in [6.45, 7) is 2.31. The van der Waals surface area contributed by atoms with E-state index in [1.165, 1.54) is 12.1 Å². The first-order valence-corrected chi connectivity index (χ1v) is 10.6. The SMILES string of the molecule is C[C@](F)(c1ccc(C(=O)N(C2CC2)C2CCN(C3(CO)CC3)CC2)cc1)C(F)(F)F. The Morgan fingerprint density at radius 3 is 2.03 bits per heavy atom. The molecule has 1 aromatic carbocycles. The Morgan fingerprint density at radius 2 is 1.60 bits per heavy atom. The summed E-state index contributed by atoms with van der Waals surface area (Å²) in [5.74, 6) is -0.196. The van der Waals surface area contributed by atoms with Crippen LogP contribution in [0.1, 0.15) is 61.4 Å². The van der Waals surface area contributed by atoms with Crippen LogP contribution in [0, 0.1) is 0 Å². The zero-order valence-electron chi connectivity index (χ0n) is 17.1. The largest absolute Gasteiger partial charge is 0.426 e. The molecule has 4 rings (SSSR count). The lowest BCUT2D eigenvalue weighted by Gasteiger charge is -2.41. The molecule has 1 amide bonds. The minimum Gasteiger partial charge on any atom is -0.394 e. The van der Waals surface area contributed by atoms with Gasteiger partial charge in [0, 0.05) is 36.3 Å². The lowest BCUT2D eigenvalue weighted by atomic mass is 9.95. The zero-order chi connectivity index (χ0) is 21.7. The van der Waals surface area contributed by atoms with E-state index >= 15 is 0 Å². The van der Waals surface area contributed by atoms with Crippen molar-refractivity contribution in [3.63, 3.8) is 0 Å². The molecule has 166 valence electrons. The van der Waals surface area contributed by atoms with Gasteiger partial charge in [0.2, 0.25) is 5.67 Å². The van der Waals surface area contributed by atoms with E-state index in [0.29, 0.717) is 12.5 Å². The minimum absolute atomic E-state index is 0.0628. The number of aliphatic hydroxyl groups excluding tert-OH is 1. The highest BCUT2D eigenvalue weighted by molar-refractivity contribution is 5.95. The van der Waals surface area contributed by atoms with E-state index < -0.39 is 17.4 Å². The monoisotopic (exact) mass is 428 g/mol. The second kappa shape index (κ2) is 7.48. The van der Waals surface area contributed by atoms with E-state index in [2.05, 4.69) is 4.90 Å². The Kier molecular flexibility index (Phi) is 5.37. The molecule has 0 spiro atoms. The molecule has 1 saturated heterocycles. The van der Waals surface area contributed by atoms with Gasteiger partial charge in [-0.1, -0.05) is 12.1 Å². The van der Waals surface area contributed by atoms with Crippen LogP contribution >= 0.6 is 0 Å². The summed E-state index contributed by atoms with van der Waals surface area (Å²) >= 11 is 0. The molecule has 1 aromatic rings. The van der Waals surface area contributed by atoms with E-state index in [0.717, 1.165) is 63.7 Å². The number of piperidine rings is 1. The normalized spacial score (nSPS) is 24.3. The molecular formula is C22H28F4N2O2. The zero-order valence-corrected chi connectivity index (χ0v) is 17.1. The number of likely N-dealkylation sites (tertiary alicyclic amines) is 1. The van der Waals surface area contributed by atoms with Crippen molar-refractivity contribution in [2.24, 2.45) is 0 Å². The van der Waals surface area contributed by atoms with Gasteiger partial charge in [-0.2, -0.15) is 13.2 Å². The molecule has 8 heteroatoms. The third-order valence-electron chi connectivity index (χ3n) is 7.03. The number of aliphatic hydroxyl groups is 1. The minimum atomic E-state index is -5.01. The molecule has 3 aliphatic rings. The summed E-state index contributed by atoms with van der Waals surface area (Å²) < 4.78 is 53.0. The summed E-state index contributed by atoms with van der Waals surface area (Å²) in [6.07, 6.45) is 0.508. The van der Waals surface area contributed by atoms with Gasteiger partial charge < -0.3 is 10.0 Å². The first-order chi connectivity index (χ1) is 14.1. The molecular weight excluding hydrogens is 400 g/mol. The van der Waals surface area contributed by atoms with Crippen molar-refractivity contribution in [2.75, 3.05) is 19.7 Å². The third kappa shape index (κ3) is 3.84. The highest BCUT2D eigenvalue weighted by Gasteiger charge is 2.53. The predicted molar refractivity (Wildman–Crippen MR) is 104 cm³/mol. The molecule has 30 heavy (non-hydrogen) atoms. The Labute approximate surface area is 173 Å². The van der Waals surface area contributed by atoms with Crippen molar-refractivity contribution in [3.8, 4) is 0 Å². The summed E-state index contributed by atoms with van der Waals surface area (Å²) in [4.78, 5) is 17.4. The van der Waals surface area contributed by atoms with Gasteiger partial charge in [0.1, 0.15) is 0 Å². The van der Waals surface area contributed by atoms with E-state index in [1.807, 2.05) is 4.90 Å². The quantitative estimate of drug-likeness (QED) is 0.696. The Morgan fingerprint density at radius 1 is 1.07 bits per heavy atom. The molecule has 0 bridgehead atoms. The molecule has 3 fully saturated rings. The number of nitrogens with zero attached hydrogens (tertiary/aromatic N) is 2. The predicted octanol–water partition coefficient (Wildman–Crippen LogP) is 4.03. The van der Waals surface area contributed by atoms with Crippen LogP contribution in [-0.4, -0.2) is 64.3 Å². The van der Waals surface area contributed by atoms with Crippen LogP contribution in [0.15, 0.2) is 24.3 Å². The van der Waals surface area contributed by atoms with Crippen LogP contribution in [0.3, 0.4) is 0 Å². The molecule has 0 aromatic heterocycles. The number of amides is 1. The Bertz CT molecular complexity index is 777. The Balaban J connectivity index is 1.46. The van der Waals surface area contributed by atoms with Gasteiger partial charge in [-0.05, 0) is 63.1 Å². The summed E-state index contributed by atoms with van der Waals surface area (Å²) in [5.41, 5.74) is -3.73. The van der Waals surface area contributed by atoms with Gasteiger partial charge in [0.15, 0.2) is 0 Å². The first-order valence-electron chi connectivity index (χ1n) is 10.6. The lowest BCUT2D eigenvalue weighted by molar-refractivity contribution is -0.228. The number of alkyl halides is 4. The van der Waals surface area contributed by atoms with E-state index in [9.17, 15) is 27.5 Å². The maximum absolute atomic E-state index is 14.2. The van der Waals surface area contributed by atoms with E-state index in [-0.39, 0.29) is 30.1 Å². The fourth-order valence-electron chi connectivity index (χ4n) is 4.56. The van der Waals surface area contributed by atoms with Gasteiger partial charge in [-0.25, -0.2) is 4.39 Å². The van der Waals surface area contributed by atoms with E-state index in [1.54, 1.807) is 0 Å². The molecule has 1 heterocycles. The van der Waals surface area contributed by atoms with Crippen LogP contribution in [0.4, 0.5) is 17.6 Å². The smallest absolute Gasteiger partial charge is 0.394 e. The highest BCUT2D eigenvalue weighted by atomic mass is 19.4. The lowest BCUT2D eigenvalue weighted by Crippen LogP contribution is -2.52. The van der Waals surface area contributed by atoms with Crippen molar-refractivity contribution in [1.82, 2.24) is 9.80 Å². The van der Waals surface area contributed by atoms with Gasteiger partial charge in [0.05, 0.1) is 6.61 Å². The summed E-state index contributed by atoms with van der Waals surface area (Å²) in [6, 6.07) is 4.98. The number of hydrogen-bond acceptors (Lipinski definition) is 3. The maximum Gasteiger partial charge on any atom is 0.426 e. The van der Waals surface area contributed by atoms with Crippen molar-refractivity contribution in [1.29, 1.82) is 0 Å². The molecule has 0 radical (unpaired) electrons. The Hall–Kier alpha value is -1.67. The van der Waals surface area contributed by atoms with Crippen molar-refractivity contribution in [3.05, 3.63) is 35.4 Å². The van der Waals surface area contributed by atoms with Crippen LogP contribution in [0.25, 0.3) is 0 Å². The average Bonchev–Trinajstić information content (AvgIpc) is 3.63. The van der Waals surface area contributed by atoms with Crippen LogP contribution in [0.2, 0.25) is 0 Å². The van der Waals surface area contributed by atoms with Crippen LogP contribution < -0.4 is 0 Å². The fraction of sp³-hybridized carbons (Fsp3) is 0.682. The fourth-order valence-corrected chi connectivity index (χ4v) is 4.56. The maximum atomic E-state index is 14.2. The summed E-state index contributed by atoms with van der Waals surface area (Å²) in [5, 5.41) is 9.65. The molecule has 2 saturated carbocycles. The van der Waals surface area contributed by atoms with E-state index in [4.69, 9.17) is 0 Å². The highest BCUT2D eigenvalue weighted by Crippen LogP contribution is 2.44. The second-order valence-electron chi connectivity index (χ2n) is 9.12. The van der Waals surface area contributed by atoms with Gasteiger partial charge in [-0.15, -0.1) is 0 Å². The first kappa shape index (κ1) is 21.6. The number of hydrogen-bond donors (Lipinski definition) is 1. The van der Waals surface area contributed by atoms with Crippen molar-refractivity contribution in [2.45, 2.75) is 74.9 Å².